The van der Waals surface area contributed by atoms with Gasteiger partial charge in [-0.1, -0.05) is 0 Å². The normalized spacial score (nSPS) is 31.7. The molecule has 1 aliphatic carbocycles. The minimum atomic E-state index is 0.111. The molecular weight excluding hydrogens is 370 g/mol. The SMILES string of the molecule is COc1ccc(N2CC3=C4C=C(C)S[C@@]4(C)[C@]4(C)SC(C)=CC4=C3C2)cc1. The summed E-state index contributed by atoms with van der Waals surface area (Å²) in [5.74, 6) is 0.913. The lowest BCUT2D eigenvalue weighted by Gasteiger charge is -2.46. The number of hydrogen-bond donors (Lipinski definition) is 0. The van der Waals surface area contributed by atoms with E-state index in [2.05, 4.69) is 92.5 Å². The summed E-state index contributed by atoms with van der Waals surface area (Å²) in [6.45, 7) is 11.4. The van der Waals surface area contributed by atoms with Crippen LogP contribution < -0.4 is 9.64 Å². The molecular formula is C23H25NOS2. The van der Waals surface area contributed by atoms with Crippen LogP contribution in [0.15, 0.2) is 68.5 Å². The number of rotatable bonds is 2. The molecule has 1 fully saturated rings. The van der Waals surface area contributed by atoms with Crippen molar-refractivity contribution in [1.82, 2.24) is 0 Å². The van der Waals surface area contributed by atoms with Crippen LogP contribution in [0.4, 0.5) is 5.69 Å². The molecule has 0 N–H and O–H groups in total. The molecule has 0 aromatic heterocycles. The smallest absolute Gasteiger partial charge is 0.119 e. The molecule has 140 valence electrons. The number of benzene rings is 1. The van der Waals surface area contributed by atoms with Crippen molar-refractivity contribution in [2.75, 3.05) is 25.1 Å². The summed E-state index contributed by atoms with van der Waals surface area (Å²) in [4.78, 5) is 5.39. The van der Waals surface area contributed by atoms with Gasteiger partial charge in [0.1, 0.15) is 5.75 Å². The molecule has 2 nitrogen and oxygen atoms in total. The number of ether oxygens (including phenoxy) is 1. The van der Waals surface area contributed by atoms with Gasteiger partial charge in [-0.2, -0.15) is 0 Å². The first kappa shape index (κ1) is 17.6. The summed E-state index contributed by atoms with van der Waals surface area (Å²) < 4.78 is 5.55. The zero-order valence-corrected chi connectivity index (χ0v) is 18.2. The Hall–Kier alpha value is -1.52. The fourth-order valence-electron chi connectivity index (χ4n) is 5.05. The van der Waals surface area contributed by atoms with E-state index >= 15 is 0 Å². The molecule has 3 heterocycles. The Morgan fingerprint density at radius 2 is 1.33 bits per heavy atom. The summed E-state index contributed by atoms with van der Waals surface area (Å²) in [5.41, 5.74) is 7.48. The lowest BCUT2D eigenvalue weighted by Crippen LogP contribution is -2.47. The zero-order valence-electron chi connectivity index (χ0n) is 16.6. The van der Waals surface area contributed by atoms with Crippen LogP contribution in [-0.4, -0.2) is 29.7 Å². The third-order valence-corrected chi connectivity index (χ3v) is 9.60. The van der Waals surface area contributed by atoms with Gasteiger partial charge >= 0.3 is 0 Å². The van der Waals surface area contributed by atoms with Gasteiger partial charge in [-0.05, 0) is 96.2 Å². The number of thioether (sulfide) groups is 2. The van der Waals surface area contributed by atoms with Crippen molar-refractivity contribution in [3.05, 3.63) is 68.5 Å². The predicted octanol–water partition coefficient (Wildman–Crippen LogP) is 5.94. The van der Waals surface area contributed by atoms with Crippen molar-refractivity contribution in [2.24, 2.45) is 0 Å². The van der Waals surface area contributed by atoms with Crippen molar-refractivity contribution in [3.63, 3.8) is 0 Å². The second-order valence-corrected chi connectivity index (χ2v) is 11.4. The Morgan fingerprint density at radius 1 is 0.852 bits per heavy atom. The summed E-state index contributed by atoms with van der Waals surface area (Å²) in [7, 11) is 1.72. The van der Waals surface area contributed by atoms with Gasteiger partial charge in [-0.25, -0.2) is 0 Å². The van der Waals surface area contributed by atoms with E-state index < -0.39 is 0 Å². The van der Waals surface area contributed by atoms with Crippen molar-refractivity contribution in [1.29, 1.82) is 0 Å². The van der Waals surface area contributed by atoms with Crippen LogP contribution in [0.2, 0.25) is 0 Å². The lowest BCUT2D eigenvalue weighted by atomic mass is 9.72. The fraction of sp³-hybridized carbons (Fsp3) is 0.391. The molecule has 4 heteroatoms. The van der Waals surface area contributed by atoms with Gasteiger partial charge in [0.2, 0.25) is 0 Å². The molecule has 0 amide bonds. The van der Waals surface area contributed by atoms with Crippen LogP contribution in [-0.2, 0) is 0 Å². The van der Waals surface area contributed by atoms with Gasteiger partial charge in [0, 0.05) is 18.8 Å². The Labute approximate surface area is 170 Å². The van der Waals surface area contributed by atoms with Gasteiger partial charge in [-0.15, -0.1) is 23.5 Å². The highest BCUT2D eigenvalue weighted by Gasteiger charge is 2.58. The van der Waals surface area contributed by atoms with E-state index in [1.54, 1.807) is 29.4 Å². The topological polar surface area (TPSA) is 12.5 Å². The maximum absolute atomic E-state index is 5.33. The quantitative estimate of drug-likeness (QED) is 0.614. The average Bonchev–Trinajstić information content (AvgIpc) is 3.29. The molecule has 0 bridgehead atoms. The van der Waals surface area contributed by atoms with Crippen LogP contribution in [0.25, 0.3) is 0 Å². The van der Waals surface area contributed by atoms with Crippen LogP contribution in [0.5, 0.6) is 5.75 Å². The monoisotopic (exact) mass is 395 g/mol. The Kier molecular flexibility index (Phi) is 3.74. The molecule has 4 aliphatic rings. The number of fused-ring (bicyclic) bond motifs is 4. The third-order valence-electron chi connectivity index (χ3n) is 6.51. The summed E-state index contributed by atoms with van der Waals surface area (Å²) in [5, 5.41) is 0. The van der Waals surface area contributed by atoms with Crippen molar-refractivity contribution >= 4 is 29.2 Å². The number of allylic oxidation sites excluding steroid dienone is 4. The van der Waals surface area contributed by atoms with E-state index in [0.717, 1.165) is 18.8 Å². The van der Waals surface area contributed by atoms with E-state index in [1.807, 2.05) is 0 Å². The van der Waals surface area contributed by atoms with Crippen molar-refractivity contribution < 1.29 is 4.74 Å². The highest BCUT2D eigenvalue weighted by Crippen LogP contribution is 2.67. The minimum Gasteiger partial charge on any atom is -0.497 e. The Morgan fingerprint density at radius 3 is 1.78 bits per heavy atom. The number of methoxy groups -OCH3 is 1. The van der Waals surface area contributed by atoms with Gasteiger partial charge in [0.05, 0.1) is 16.6 Å². The fourth-order valence-corrected chi connectivity index (χ4v) is 8.14. The first-order valence-electron chi connectivity index (χ1n) is 9.47. The maximum Gasteiger partial charge on any atom is 0.119 e. The number of nitrogens with zero attached hydrogens (tertiary/aromatic N) is 1. The van der Waals surface area contributed by atoms with E-state index in [-0.39, 0.29) is 9.49 Å². The molecule has 2 atom stereocenters. The van der Waals surface area contributed by atoms with Crippen LogP contribution >= 0.6 is 23.5 Å². The van der Waals surface area contributed by atoms with Crippen molar-refractivity contribution in [3.8, 4) is 5.75 Å². The lowest BCUT2D eigenvalue weighted by molar-refractivity contribution is 0.415. The molecule has 1 aromatic carbocycles. The van der Waals surface area contributed by atoms with Crippen molar-refractivity contribution in [2.45, 2.75) is 37.2 Å². The number of anilines is 1. The Bertz CT molecular complexity index is 913. The predicted molar refractivity (Wildman–Crippen MR) is 119 cm³/mol. The minimum absolute atomic E-state index is 0.111. The summed E-state index contributed by atoms with van der Waals surface area (Å²) in [6, 6.07) is 8.48. The average molecular weight is 396 g/mol. The maximum atomic E-state index is 5.33. The summed E-state index contributed by atoms with van der Waals surface area (Å²) >= 11 is 4.12. The first-order chi connectivity index (χ1) is 12.9. The molecule has 5 rings (SSSR count). The van der Waals surface area contributed by atoms with E-state index in [1.165, 1.54) is 15.5 Å². The number of hydrogen-bond acceptors (Lipinski definition) is 4. The molecule has 27 heavy (non-hydrogen) atoms. The second-order valence-electron chi connectivity index (χ2n) is 8.12. The van der Waals surface area contributed by atoms with Gasteiger partial charge < -0.3 is 9.64 Å². The Balaban J connectivity index is 1.65. The molecule has 3 aliphatic heterocycles. The van der Waals surface area contributed by atoms with Crippen LogP contribution in [0.1, 0.15) is 27.7 Å². The molecule has 0 unspecified atom stereocenters. The first-order valence-corrected chi connectivity index (χ1v) is 11.1. The van der Waals surface area contributed by atoms with Gasteiger partial charge in [0.15, 0.2) is 0 Å². The molecule has 1 aromatic rings. The van der Waals surface area contributed by atoms with Gasteiger partial charge in [-0.3, -0.25) is 0 Å². The standard InChI is InChI=1S/C23H25NOS2/c1-14-10-20-18-12-24(16-6-8-17(25-5)9-7-16)13-19(18)21-11-15(2)27-23(21,4)22(20,3)26-14/h6-11H,12-13H2,1-5H3/t22-,23-/m1/s1. The van der Waals surface area contributed by atoms with E-state index in [0.29, 0.717) is 0 Å². The zero-order chi connectivity index (χ0) is 19.0. The highest BCUT2D eigenvalue weighted by atomic mass is 32.2. The third kappa shape index (κ3) is 2.29. The molecule has 0 spiro atoms. The van der Waals surface area contributed by atoms with Crippen LogP contribution in [0, 0.1) is 0 Å². The van der Waals surface area contributed by atoms with Gasteiger partial charge in [0.25, 0.3) is 0 Å². The highest BCUT2D eigenvalue weighted by molar-refractivity contribution is 8.09. The second kappa shape index (κ2) is 5.74. The van der Waals surface area contributed by atoms with Crippen LogP contribution in [0.3, 0.4) is 0 Å². The molecule has 1 saturated heterocycles. The summed E-state index contributed by atoms with van der Waals surface area (Å²) in [6.07, 6.45) is 4.90. The molecule has 0 saturated carbocycles. The molecule has 0 radical (unpaired) electrons. The van der Waals surface area contributed by atoms with E-state index in [9.17, 15) is 0 Å². The van der Waals surface area contributed by atoms with E-state index in [4.69, 9.17) is 4.74 Å². The largest absolute Gasteiger partial charge is 0.497 e.